The van der Waals surface area contributed by atoms with Crippen LogP contribution in [0.15, 0.2) is 30.3 Å². The summed E-state index contributed by atoms with van der Waals surface area (Å²) in [5, 5.41) is 5.54. The summed E-state index contributed by atoms with van der Waals surface area (Å²) in [7, 11) is 1.62. The molecule has 2 rings (SSSR count). The smallest absolute Gasteiger partial charge is 0.237 e. The average Bonchev–Trinajstić information content (AvgIpc) is 2.64. The molecule has 0 spiro atoms. The Morgan fingerprint density at radius 2 is 2.15 bits per heavy atom. The minimum absolute atomic E-state index is 0.00950. The van der Waals surface area contributed by atoms with Crippen molar-refractivity contribution in [3.8, 4) is 0 Å². The molecule has 1 atom stereocenters. The van der Waals surface area contributed by atoms with E-state index in [0.717, 1.165) is 18.5 Å². The third-order valence-corrected chi connectivity index (χ3v) is 3.56. The van der Waals surface area contributed by atoms with Crippen molar-refractivity contribution in [2.24, 2.45) is 0 Å². The molecule has 2 N–H and O–H groups in total. The van der Waals surface area contributed by atoms with Gasteiger partial charge in [-0.2, -0.15) is 0 Å². The minimum atomic E-state index is -0.280. The van der Waals surface area contributed by atoms with Gasteiger partial charge in [0.15, 0.2) is 0 Å². The Balaban J connectivity index is 2.13. The van der Waals surface area contributed by atoms with E-state index in [-0.39, 0.29) is 24.4 Å². The van der Waals surface area contributed by atoms with Gasteiger partial charge in [0.2, 0.25) is 11.8 Å². The van der Waals surface area contributed by atoms with Crippen molar-refractivity contribution in [3.63, 3.8) is 0 Å². The van der Waals surface area contributed by atoms with E-state index in [0.29, 0.717) is 13.0 Å². The van der Waals surface area contributed by atoms with Gasteiger partial charge in [0, 0.05) is 20.1 Å². The molecule has 1 fully saturated rings. The van der Waals surface area contributed by atoms with E-state index < -0.39 is 0 Å². The zero-order chi connectivity index (χ0) is 14.4. The van der Waals surface area contributed by atoms with Crippen molar-refractivity contribution in [2.75, 3.05) is 26.7 Å². The van der Waals surface area contributed by atoms with Crippen molar-refractivity contribution in [1.82, 2.24) is 15.5 Å². The number of likely N-dealkylation sites (N-methyl/N-ethyl adjacent to an activating group) is 1. The Bertz CT molecular complexity index is 461. The highest BCUT2D eigenvalue weighted by molar-refractivity contribution is 5.84. The third-order valence-electron chi connectivity index (χ3n) is 3.56. The molecule has 0 saturated carbocycles. The van der Waals surface area contributed by atoms with Crippen molar-refractivity contribution in [2.45, 2.75) is 18.9 Å². The number of rotatable bonds is 4. The maximum Gasteiger partial charge on any atom is 0.237 e. The topological polar surface area (TPSA) is 61.4 Å². The van der Waals surface area contributed by atoms with Gasteiger partial charge in [0.1, 0.15) is 0 Å². The molecule has 5 heteroatoms. The molecule has 0 radical (unpaired) electrons. The molecule has 1 heterocycles. The first-order valence-electron chi connectivity index (χ1n) is 6.97. The minimum Gasteiger partial charge on any atom is -0.358 e. The maximum atomic E-state index is 12.2. The van der Waals surface area contributed by atoms with Crippen LogP contribution >= 0.6 is 0 Å². The highest BCUT2D eigenvalue weighted by atomic mass is 16.2. The second-order valence-corrected chi connectivity index (χ2v) is 4.99. The molecule has 1 aliphatic heterocycles. The van der Waals surface area contributed by atoms with E-state index in [1.54, 1.807) is 7.05 Å². The van der Waals surface area contributed by atoms with Crippen molar-refractivity contribution in [3.05, 3.63) is 35.9 Å². The Labute approximate surface area is 119 Å². The van der Waals surface area contributed by atoms with E-state index in [2.05, 4.69) is 10.6 Å². The monoisotopic (exact) mass is 275 g/mol. The molecule has 1 aromatic carbocycles. The lowest BCUT2D eigenvalue weighted by molar-refractivity contribution is -0.127. The van der Waals surface area contributed by atoms with E-state index in [1.165, 1.54) is 0 Å². The maximum absolute atomic E-state index is 12.2. The number of nitrogens with one attached hydrogen (secondary N) is 2. The standard InChI is InChI=1S/C15H21N3O2/c1-16-14(19)11-18-9-5-8-17-15(20)13(18)10-12-6-3-2-4-7-12/h2-4,6-7,13H,5,8-11H2,1H3,(H,16,19)(H,17,20). The summed E-state index contributed by atoms with van der Waals surface area (Å²) < 4.78 is 0. The molecule has 1 unspecified atom stereocenters. The summed E-state index contributed by atoms with van der Waals surface area (Å²) >= 11 is 0. The van der Waals surface area contributed by atoms with Crippen LogP contribution in [-0.2, 0) is 16.0 Å². The highest BCUT2D eigenvalue weighted by Crippen LogP contribution is 2.12. The van der Waals surface area contributed by atoms with Gasteiger partial charge in [-0.3, -0.25) is 14.5 Å². The van der Waals surface area contributed by atoms with Crippen molar-refractivity contribution >= 4 is 11.8 Å². The molecule has 0 aromatic heterocycles. The Hall–Kier alpha value is -1.88. The first kappa shape index (κ1) is 14.5. The number of carbonyl (C=O) groups excluding carboxylic acids is 2. The molecule has 0 bridgehead atoms. The molecule has 0 aliphatic carbocycles. The SMILES string of the molecule is CNC(=O)CN1CCCNC(=O)C1Cc1ccccc1. The van der Waals surface area contributed by atoms with Crippen LogP contribution in [0.25, 0.3) is 0 Å². The Morgan fingerprint density at radius 3 is 2.85 bits per heavy atom. The number of nitrogens with zero attached hydrogens (tertiary/aromatic N) is 1. The van der Waals surface area contributed by atoms with Crippen LogP contribution in [0.3, 0.4) is 0 Å². The Kier molecular flexibility index (Phi) is 5.12. The lowest BCUT2D eigenvalue weighted by atomic mass is 10.0. The summed E-state index contributed by atoms with van der Waals surface area (Å²) in [6.45, 7) is 1.69. The summed E-state index contributed by atoms with van der Waals surface area (Å²) in [4.78, 5) is 25.8. The third kappa shape index (κ3) is 3.81. The normalized spacial score (nSPS) is 20.1. The van der Waals surface area contributed by atoms with Gasteiger partial charge >= 0.3 is 0 Å². The Morgan fingerprint density at radius 1 is 1.40 bits per heavy atom. The largest absolute Gasteiger partial charge is 0.358 e. The average molecular weight is 275 g/mol. The van der Waals surface area contributed by atoms with Gasteiger partial charge in [0.25, 0.3) is 0 Å². The zero-order valence-corrected chi connectivity index (χ0v) is 11.8. The van der Waals surface area contributed by atoms with Gasteiger partial charge in [-0.1, -0.05) is 30.3 Å². The quantitative estimate of drug-likeness (QED) is 0.823. The number of hydrogen-bond acceptors (Lipinski definition) is 3. The van der Waals surface area contributed by atoms with Gasteiger partial charge < -0.3 is 10.6 Å². The second kappa shape index (κ2) is 7.05. The molecule has 5 nitrogen and oxygen atoms in total. The van der Waals surface area contributed by atoms with Crippen LogP contribution in [0.5, 0.6) is 0 Å². The van der Waals surface area contributed by atoms with Crippen LogP contribution in [0.1, 0.15) is 12.0 Å². The predicted molar refractivity (Wildman–Crippen MR) is 77.2 cm³/mol. The number of benzene rings is 1. The summed E-state index contributed by atoms with van der Waals surface area (Å²) in [5.41, 5.74) is 1.11. The van der Waals surface area contributed by atoms with Gasteiger partial charge in [-0.15, -0.1) is 0 Å². The first-order chi connectivity index (χ1) is 9.70. The fourth-order valence-electron chi connectivity index (χ4n) is 2.45. The van der Waals surface area contributed by atoms with Gasteiger partial charge in [0.05, 0.1) is 12.6 Å². The molecule has 1 saturated heterocycles. The van der Waals surface area contributed by atoms with Crippen LogP contribution in [-0.4, -0.2) is 49.4 Å². The summed E-state index contributed by atoms with van der Waals surface area (Å²) in [6, 6.07) is 9.63. The van der Waals surface area contributed by atoms with E-state index in [1.807, 2.05) is 35.2 Å². The van der Waals surface area contributed by atoms with Crippen LogP contribution in [0.2, 0.25) is 0 Å². The zero-order valence-electron chi connectivity index (χ0n) is 11.8. The molecule has 1 aliphatic rings. The lowest BCUT2D eigenvalue weighted by Crippen LogP contribution is -2.49. The highest BCUT2D eigenvalue weighted by Gasteiger charge is 2.29. The summed E-state index contributed by atoms with van der Waals surface area (Å²) in [6.07, 6.45) is 1.50. The van der Waals surface area contributed by atoms with Crippen LogP contribution in [0.4, 0.5) is 0 Å². The molecular formula is C15H21N3O2. The molecule has 108 valence electrons. The number of hydrogen-bond donors (Lipinski definition) is 2. The number of amides is 2. The van der Waals surface area contributed by atoms with E-state index in [4.69, 9.17) is 0 Å². The lowest BCUT2D eigenvalue weighted by Gasteiger charge is -2.27. The summed E-state index contributed by atoms with van der Waals surface area (Å²) in [5.74, 6) is -0.0481. The van der Waals surface area contributed by atoms with Crippen LogP contribution in [0, 0.1) is 0 Å². The van der Waals surface area contributed by atoms with E-state index >= 15 is 0 Å². The molecular weight excluding hydrogens is 254 g/mol. The molecule has 20 heavy (non-hydrogen) atoms. The molecule has 1 aromatic rings. The van der Waals surface area contributed by atoms with Crippen LogP contribution < -0.4 is 10.6 Å². The fourth-order valence-corrected chi connectivity index (χ4v) is 2.45. The predicted octanol–water partition coefficient (Wildman–Crippen LogP) is 0.166. The first-order valence-corrected chi connectivity index (χ1v) is 6.97. The van der Waals surface area contributed by atoms with Gasteiger partial charge in [-0.25, -0.2) is 0 Å². The second-order valence-electron chi connectivity index (χ2n) is 4.99. The van der Waals surface area contributed by atoms with Crippen molar-refractivity contribution < 1.29 is 9.59 Å². The fraction of sp³-hybridized carbons (Fsp3) is 0.467. The van der Waals surface area contributed by atoms with Gasteiger partial charge in [-0.05, 0) is 18.4 Å². The van der Waals surface area contributed by atoms with Crippen molar-refractivity contribution in [1.29, 1.82) is 0 Å². The van der Waals surface area contributed by atoms with E-state index in [9.17, 15) is 9.59 Å². The molecule has 2 amide bonds. The number of carbonyl (C=O) groups is 2.